The topological polar surface area (TPSA) is 91.7 Å². The van der Waals surface area contributed by atoms with Gasteiger partial charge >= 0.3 is 0 Å². The molecule has 1 aromatic carbocycles. The summed E-state index contributed by atoms with van der Waals surface area (Å²) in [5, 5.41) is 8.23. The summed E-state index contributed by atoms with van der Waals surface area (Å²) in [7, 11) is 0. The number of furan rings is 1. The average molecular weight is 466 g/mol. The molecule has 8 heteroatoms. The molecule has 0 radical (unpaired) electrons. The van der Waals surface area contributed by atoms with E-state index in [1.54, 1.807) is 34.5 Å². The minimum atomic E-state index is -0.243. The molecular weight excluding hydrogens is 438 g/mol. The van der Waals surface area contributed by atoms with Crippen molar-refractivity contribution in [1.82, 2.24) is 10.2 Å². The fourth-order valence-electron chi connectivity index (χ4n) is 3.84. The van der Waals surface area contributed by atoms with Crippen LogP contribution in [0.2, 0.25) is 0 Å². The monoisotopic (exact) mass is 465 g/mol. The first kappa shape index (κ1) is 22.8. The zero-order valence-electron chi connectivity index (χ0n) is 18.7. The van der Waals surface area contributed by atoms with Crippen LogP contribution in [0.15, 0.2) is 58.7 Å². The number of carbonyl (C=O) groups excluding carboxylic acids is 3. The van der Waals surface area contributed by atoms with Gasteiger partial charge in [0, 0.05) is 24.7 Å². The van der Waals surface area contributed by atoms with E-state index in [1.807, 2.05) is 12.1 Å². The minimum absolute atomic E-state index is 0.0297. The van der Waals surface area contributed by atoms with Gasteiger partial charge in [0.2, 0.25) is 0 Å². The first-order valence-corrected chi connectivity index (χ1v) is 11.9. The number of amides is 3. The Morgan fingerprint density at radius 3 is 2.36 bits per heavy atom. The molecule has 33 heavy (non-hydrogen) atoms. The Morgan fingerprint density at radius 1 is 1.00 bits per heavy atom. The Labute approximate surface area is 196 Å². The van der Waals surface area contributed by atoms with Crippen molar-refractivity contribution in [3.05, 3.63) is 76.6 Å². The lowest BCUT2D eigenvalue weighted by Crippen LogP contribution is -2.46. The van der Waals surface area contributed by atoms with E-state index in [-0.39, 0.29) is 23.8 Å². The first-order valence-electron chi connectivity index (χ1n) is 11.0. The van der Waals surface area contributed by atoms with E-state index in [9.17, 15) is 14.4 Å². The number of nitrogens with zero attached hydrogens (tertiary/aromatic N) is 1. The molecule has 0 atom stereocenters. The molecule has 1 aliphatic heterocycles. The van der Waals surface area contributed by atoms with Gasteiger partial charge in [-0.2, -0.15) is 0 Å². The fraction of sp³-hybridized carbons (Fsp3) is 0.320. The van der Waals surface area contributed by atoms with Crippen LogP contribution in [0.3, 0.4) is 0 Å². The Balaban J connectivity index is 1.32. The van der Waals surface area contributed by atoms with Gasteiger partial charge in [0.15, 0.2) is 0 Å². The predicted molar refractivity (Wildman–Crippen MR) is 128 cm³/mol. The molecule has 0 bridgehead atoms. The van der Waals surface area contributed by atoms with E-state index in [0.717, 1.165) is 0 Å². The maximum atomic E-state index is 12.9. The number of piperidine rings is 1. The smallest absolute Gasteiger partial charge is 0.257 e. The second-order valence-electron chi connectivity index (χ2n) is 8.45. The number of hydrogen-bond donors (Lipinski definition) is 2. The maximum Gasteiger partial charge on any atom is 0.257 e. The van der Waals surface area contributed by atoms with Crippen LogP contribution >= 0.6 is 11.3 Å². The number of hydrogen-bond acceptors (Lipinski definition) is 5. The molecule has 2 N–H and O–H groups in total. The lowest BCUT2D eigenvalue weighted by molar-refractivity contribution is 0.0697. The molecule has 0 aliphatic carbocycles. The second kappa shape index (κ2) is 10.0. The molecule has 1 saturated heterocycles. The largest absolute Gasteiger partial charge is 0.472 e. The third-order valence-corrected chi connectivity index (χ3v) is 6.69. The zero-order chi connectivity index (χ0) is 23.4. The summed E-state index contributed by atoms with van der Waals surface area (Å²) < 4.78 is 4.99. The van der Waals surface area contributed by atoms with Crippen LogP contribution in [-0.2, 0) is 0 Å². The molecule has 0 unspecified atom stereocenters. The summed E-state index contributed by atoms with van der Waals surface area (Å²) in [5.41, 5.74) is 2.70. The highest BCUT2D eigenvalue weighted by Gasteiger charge is 2.26. The van der Waals surface area contributed by atoms with Gasteiger partial charge in [0.05, 0.1) is 17.4 Å². The number of carbonyl (C=O) groups is 3. The molecule has 3 heterocycles. The van der Waals surface area contributed by atoms with E-state index >= 15 is 0 Å². The maximum absolute atomic E-state index is 12.9. The molecule has 0 spiro atoms. The van der Waals surface area contributed by atoms with Gasteiger partial charge < -0.3 is 20.0 Å². The van der Waals surface area contributed by atoms with Gasteiger partial charge in [-0.15, -0.1) is 11.3 Å². The highest BCUT2D eigenvalue weighted by Crippen LogP contribution is 2.25. The second-order valence-corrected chi connectivity index (χ2v) is 9.36. The van der Waals surface area contributed by atoms with Crippen molar-refractivity contribution in [1.29, 1.82) is 0 Å². The van der Waals surface area contributed by atoms with Gasteiger partial charge in [-0.05, 0) is 54.0 Å². The van der Waals surface area contributed by atoms with Crippen molar-refractivity contribution in [2.24, 2.45) is 0 Å². The van der Waals surface area contributed by atoms with E-state index < -0.39 is 0 Å². The van der Waals surface area contributed by atoms with Crippen LogP contribution in [0, 0.1) is 0 Å². The molecule has 1 fully saturated rings. The Morgan fingerprint density at radius 2 is 1.73 bits per heavy atom. The molecular formula is C25H27N3O4S. The molecule has 1 aliphatic rings. The predicted octanol–water partition coefficient (Wildman–Crippen LogP) is 4.75. The molecule has 7 nitrogen and oxygen atoms in total. The summed E-state index contributed by atoms with van der Waals surface area (Å²) in [5.74, 6) is -0.127. The van der Waals surface area contributed by atoms with E-state index in [2.05, 4.69) is 24.5 Å². The van der Waals surface area contributed by atoms with Gasteiger partial charge in [0.25, 0.3) is 17.7 Å². The molecule has 0 saturated carbocycles. The fourth-order valence-corrected chi connectivity index (χ4v) is 4.62. The number of benzene rings is 1. The normalized spacial score (nSPS) is 14.3. The van der Waals surface area contributed by atoms with E-state index in [1.165, 1.54) is 29.4 Å². The van der Waals surface area contributed by atoms with Crippen molar-refractivity contribution in [3.8, 4) is 0 Å². The highest BCUT2D eigenvalue weighted by molar-refractivity contribution is 7.14. The molecule has 2 aromatic heterocycles. The quantitative estimate of drug-likeness (QED) is 0.549. The van der Waals surface area contributed by atoms with Crippen LogP contribution in [0.4, 0.5) is 5.00 Å². The molecule has 172 valence electrons. The Hall–Kier alpha value is -3.39. The van der Waals surface area contributed by atoms with Gasteiger partial charge in [-0.25, -0.2) is 0 Å². The third kappa shape index (κ3) is 5.34. The number of likely N-dealkylation sites (tertiary alicyclic amines) is 1. The Bertz CT molecular complexity index is 1110. The molecule has 4 rings (SSSR count). The first-order chi connectivity index (χ1) is 15.9. The van der Waals surface area contributed by atoms with Crippen LogP contribution in [0.1, 0.15) is 69.2 Å². The summed E-state index contributed by atoms with van der Waals surface area (Å²) in [6.45, 7) is 5.34. The van der Waals surface area contributed by atoms with Gasteiger partial charge in [0.1, 0.15) is 11.3 Å². The van der Waals surface area contributed by atoms with Crippen molar-refractivity contribution in [2.45, 2.75) is 38.6 Å². The minimum Gasteiger partial charge on any atom is -0.472 e. The molecule has 3 aromatic rings. The van der Waals surface area contributed by atoms with Gasteiger partial charge in [-0.3, -0.25) is 14.4 Å². The lowest BCUT2D eigenvalue weighted by atomic mass is 10.0. The summed E-state index contributed by atoms with van der Waals surface area (Å²) in [6, 6.07) is 10.8. The van der Waals surface area contributed by atoms with Gasteiger partial charge in [-0.1, -0.05) is 26.0 Å². The van der Waals surface area contributed by atoms with E-state index in [0.29, 0.717) is 53.5 Å². The van der Waals surface area contributed by atoms with Crippen molar-refractivity contribution in [2.75, 3.05) is 18.4 Å². The van der Waals surface area contributed by atoms with Crippen LogP contribution in [0.5, 0.6) is 0 Å². The van der Waals surface area contributed by atoms with Crippen molar-refractivity contribution in [3.63, 3.8) is 0 Å². The molecule has 3 amide bonds. The van der Waals surface area contributed by atoms with Crippen LogP contribution in [0.25, 0.3) is 0 Å². The summed E-state index contributed by atoms with van der Waals surface area (Å²) in [4.78, 5) is 39.8. The third-order valence-electron chi connectivity index (χ3n) is 5.86. The highest BCUT2D eigenvalue weighted by atomic mass is 32.1. The SMILES string of the molecule is CC(C)c1ccc(C(=O)Nc2sccc2C(=O)NC2CCN(C(=O)c3ccoc3)CC2)cc1. The number of nitrogens with one attached hydrogen (secondary N) is 2. The number of thiophene rings is 1. The standard InChI is InChI=1S/C25H27N3O4S/c1-16(2)17-3-5-18(6-4-17)22(29)27-24-21(10-14-33-24)23(30)26-20-7-11-28(12-8-20)25(31)19-9-13-32-15-19/h3-6,9-10,13-16,20H,7-8,11-12H2,1-2H3,(H,26,30)(H,27,29). The van der Waals surface area contributed by atoms with E-state index in [4.69, 9.17) is 4.42 Å². The zero-order valence-corrected chi connectivity index (χ0v) is 19.5. The van der Waals surface area contributed by atoms with Crippen molar-refractivity contribution < 1.29 is 18.8 Å². The van der Waals surface area contributed by atoms with Crippen LogP contribution < -0.4 is 10.6 Å². The van der Waals surface area contributed by atoms with Crippen LogP contribution in [-0.4, -0.2) is 41.8 Å². The number of rotatable bonds is 6. The summed E-state index contributed by atoms with van der Waals surface area (Å²) >= 11 is 1.32. The average Bonchev–Trinajstić information content (AvgIpc) is 3.51. The summed E-state index contributed by atoms with van der Waals surface area (Å²) in [6.07, 6.45) is 4.27. The van der Waals surface area contributed by atoms with Crippen molar-refractivity contribution >= 4 is 34.1 Å². The number of anilines is 1. The Kier molecular flexibility index (Phi) is 6.93. The lowest BCUT2D eigenvalue weighted by Gasteiger charge is -2.32.